The second kappa shape index (κ2) is 7.03. The van der Waals surface area contributed by atoms with Gasteiger partial charge in [-0.15, -0.1) is 6.58 Å². The van der Waals surface area contributed by atoms with Crippen LogP contribution in [-0.2, 0) is 4.79 Å². The average molecular weight is 253 g/mol. The molecule has 0 aliphatic carbocycles. The molecule has 0 spiro atoms. The maximum atomic E-state index is 11.9. The number of allylic oxidation sites excluding steroid dienone is 1. The second-order valence-electron chi connectivity index (χ2n) is 4.66. The Morgan fingerprint density at radius 2 is 2.33 bits per heavy atom. The van der Waals surface area contributed by atoms with E-state index in [2.05, 4.69) is 11.9 Å². The number of amides is 3. The highest BCUT2D eigenvalue weighted by atomic mass is 16.2. The quantitative estimate of drug-likeness (QED) is 0.577. The summed E-state index contributed by atoms with van der Waals surface area (Å²) in [6, 6.07) is -0.0198. The predicted octanol–water partition coefficient (Wildman–Crippen LogP) is 1.56. The van der Waals surface area contributed by atoms with Crippen LogP contribution in [-0.4, -0.2) is 47.5 Å². The maximum Gasteiger partial charge on any atom is 0.319 e. The monoisotopic (exact) mass is 253 g/mol. The summed E-state index contributed by atoms with van der Waals surface area (Å²) in [4.78, 5) is 26.6. The van der Waals surface area contributed by atoms with Crippen LogP contribution in [0.1, 0.15) is 33.1 Å². The van der Waals surface area contributed by atoms with Gasteiger partial charge in [0.15, 0.2) is 0 Å². The van der Waals surface area contributed by atoms with Gasteiger partial charge in [-0.3, -0.25) is 9.69 Å². The van der Waals surface area contributed by atoms with Crippen molar-refractivity contribution in [2.45, 2.75) is 39.2 Å². The zero-order valence-corrected chi connectivity index (χ0v) is 11.3. The Morgan fingerprint density at radius 3 is 2.89 bits per heavy atom. The average Bonchev–Trinajstić information content (AvgIpc) is 2.71. The summed E-state index contributed by atoms with van der Waals surface area (Å²) in [6.45, 7) is 8.81. The number of unbranched alkanes of at least 4 members (excludes halogenated alkanes) is 1. The molecule has 1 rings (SSSR count). The number of nitrogens with one attached hydrogen (secondary N) is 1. The molecule has 1 N–H and O–H groups in total. The van der Waals surface area contributed by atoms with Crippen LogP contribution in [0, 0.1) is 0 Å². The van der Waals surface area contributed by atoms with E-state index in [1.807, 2.05) is 19.9 Å². The SMILES string of the molecule is C=CCCCC(C)NC(=O)N1CC(=O)N(CC)C1. The van der Waals surface area contributed by atoms with E-state index < -0.39 is 0 Å². The first-order chi connectivity index (χ1) is 8.58. The van der Waals surface area contributed by atoms with Gasteiger partial charge in [-0.1, -0.05) is 6.08 Å². The molecule has 0 aromatic carbocycles. The van der Waals surface area contributed by atoms with Gasteiger partial charge < -0.3 is 10.2 Å². The highest BCUT2D eigenvalue weighted by Gasteiger charge is 2.29. The maximum absolute atomic E-state index is 11.9. The third-order valence-corrected chi connectivity index (χ3v) is 3.10. The number of hydrogen-bond acceptors (Lipinski definition) is 2. The van der Waals surface area contributed by atoms with Crippen LogP contribution in [0.3, 0.4) is 0 Å². The Bertz CT molecular complexity index is 317. The highest BCUT2D eigenvalue weighted by Crippen LogP contribution is 2.07. The van der Waals surface area contributed by atoms with Gasteiger partial charge in [-0.25, -0.2) is 4.79 Å². The molecule has 0 saturated carbocycles. The fourth-order valence-corrected chi connectivity index (χ4v) is 1.95. The largest absolute Gasteiger partial charge is 0.335 e. The van der Waals surface area contributed by atoms with Crippen LogP contribution in [0.15, 0.2) is 12.7 Å². The Balaban J connectivity index is 2.32. The van der Waals surface area contributed by atoms with Crippen molar-refractivity contribution in [3.63, 3.8) is 0 Å². The van der Waals surface area contributed by atoms with Crippen LogP contribution in [0.25, 0.3) is 0 Å². The van der Waals surface area contributed by atoms with Gasteiger partial charge in [-0.05, 0) is 33.1 Å². The molecule has 1 aliphatic rings. The number of carbonyl (C=O) groups is 2. The van der Waals surface area contributed by atoms with E-state index in [0.717, 1.165) is 19.3 Å². The van der Waals surface area contributed by atoms with E-state index in [4.69, 9.17) is 0 Å². The van der Waals surface area contributed by atoms with E-state index in [0.29, 0.717) is 13.2 Å². The number of carbonyl (C=O) groups excluding carboxylic acids is 2. The first-order valence-electron chi connectivity index (χ1n) is 6.52. The van der Waals surface area contributed by atoms with E-state index >= 15 is 0 Å². The van der Waals surface area contributed by atoms with E-state index in [9.17, 15) is 9.59 Å². The first-order valence-corrected chi connectivity index (χ1v) is 6.52. The number of urea groups is 1. The zero-order valence-electron chi connectivity index (χ0n) is 11.3. The van der Waals surface area contributed by atoms with Crippen molar-refractivity contribution in [2.75, 3.05) is 19.8 Å². The van der Waals surface area contributed by atoms with Gasteiger partial charge in [-0.2, -0.15) is 0 Å². The van der Waals surface area contributed by atoms with Crippen molar-refractivity contribution in [1.82, 2.24) is 15.1 Å². The van der Waals surface area contributed by atoms with Gasteiger partial charge in [0.1, 0.15) is 6.54 Å². The first kappa shape index (κ1) is 14.5. The zero-order chi connectivity index (χ0) is 13.5. The van der Waals surface area contributed by atoms with E-state index in [1.165, 1.54) is 0 Å². The van der Waals surface area contributed by atoms with Crippen molar-refractivity contribution in [1.29, 1.82) is 0 Å². The Morgan fingerprint density at radius 1 is 1.61 bits per heavy atom. The van der Waals surface area contributed by atoms with Crippen LogP contribution in [0.2, 0.25) is 0 Å². The van der Waals surface area contributed by atoms with Crippen molar-refractivity contribution in [3.05, 3.63) is 12.7 Å². The minimum Gasteiger partial charge on any atom is -0.335 e. The molecule has 0 bridgehead atoms. The Labute approximate surface area is 109 Å². The molecule has 1 unspecified atom stereocenters. The molecule has 18 heavy (non-hydrogen) atoms. The fourth-order valence-electron chi connectivity index (χ4n) is 1.95. The van der Waals surface area contributed by atoms with Crippen molar-refractivity contribution in [3.8, 4) is 0 Å². The summed E-state index contributed by atoms with van der Waals surface area (Å²) < 4.78 is 0. The molecule has 1 fully saturated rings. The normalized spacial score (nSPS) is 16.9. The standard InChI is InChI=1S/C13H23N3O2/c1-4-6-7-8-11(3)14-13(18)16-9-12(17)15(5-2)10-16/h4,11H,1,5-10H2,2-3H3,(H,14,18). The highest BCUT2D eigenvalue weighted by molar-refractivity contribution is 5.87. The van der Waals surface area contributed by atoms with Gasteiger partial charge in [0, 0.05) is 12.6 Å². The van der Waals surface area contributed by atoms with Crippen LogP contribution in [0.4, 0.5) is 4.79 Å². The van der Waals surface area contributed by atoms with Gasteiger partial charge >= 0.3 is 6.03 Å². The minimum absolute atomic E-state index is 0.0203. The van der Waals surface area contributed by atoms with Gasteiger partial charge in [0.2, 0.25) is 5.91 Å². The summed E-state index contributed by atoms with van der Waals surface area (Å²) in [5, 5.41) is 2.92. The molecule has 0 aromatic heterocycles. The Hall–Kier alpha value is -1.52. The fraction of sp³-hybridized carbons (Fsp3) is 0.692. The summed E-state index contributed by atoms with van der Waals surface area (Å²) in [7, 11) is 0. The predicted molar refractivity (Wildman–Crippen MR) is 71.0 cm³/mol. The van der Waals surface area contributed by atoms with Crippen LogP contribution < -0.4 is 5.32 Å². The molecule has 5 heteroatoms. The van der Waals surface area contributed by atoms with Crippen LogP contribution >= 0.6 is 0 Å². The number of nitrogens with zero attached hydrogens (tertiary/aromatic N) is 2. The number of hydrogen-bond donors (Lipinski definition) is 1. The molecule has 0 radical (unpaired) electrons. The molecule has 5 nitrogen and oxygen atoms in total. The van der Waals surface area contributed by atoms with E-state index in [1.54, 1.807) is 9.80 Å². The lowest BCUT2D eigenvalue weighted by molar-refractivity contribution is -0.126. The molecule has 3 amide bonds. The number of likely N-dealkylation sites (N-methyl/N-ethyl adjacent to an activating group) is 1. The van der Waals surface area contributed by atoms with Crippen LogP contribution in [0.5, 0.6) is 0 Å². The smallest absolute Gasteiger partial charge is 0.319 e. The lowest BCUT2D eigenvalue weighted by Crippen LogP contribution is -2.43. The molecule has 1 saturated heterocycles. The summed E-state index contributed by atoms with van der Waals surface area (Å²) in [5.41, 5.74) is 0. The third-order valence-electron chi connectivity index (χ3n) is 3.10. The molecule has 1 atom stereocenters. The molecule has 0 aromatic rings. The Kier molecular flexibility index (Phi) is 5.68. The molecule has 102 valence electrons. The van der Waals surface area contributed by atoms with Crippen molar-refractivity contribution in [2.24, 2.45) is 0 Å². The van der Waals surface area contributed by atoms with E-state index in [-0.39, 0.29) is 24.5 Å². The topological polar surface area (TPSA) is 52.7 Å². The lowest BCUT2D eigenvalue weighted by atomic mass is 10.1. The molecule has 1 aliphatic heterocycles. The second-order valence-corrected chi connectivity index (χ2v) is 4.66. The van der Waals surface area contributed by atoms with Crippen molar-refractivity contribution >= 4 is 11.9 Å². The number of rotatable bonds is 6. The molecular weight excluding hydrogens is 230 g/mol. The summed E-state index contributed by atoms with van der Waals surface area (Å²) >= 11 is 0. The minimum atomic E-state index is -0.148. The van der Waals surface area contributed by atoms with Gasteiger partial charge in [0.25, 0.3) is 0 Å². The molecular formula is C13H23N3O2. The van der Waals surface area contributed by atoms with Crippen molar-refractivity contribution < 1.29 is 9.59 Å². The third kappa shape index (κ3) is 4.05. The summed E-state index contributed by atoms with van der Waals surface area (Å²) in [6.07, 6.45) is 4.79. The van der Waals surface area contributed by atoms with Gasteiger partial charge in [0.05, 0.1) is 6.67 Å². The molecule has 1 heterocycles. The summed E-state index contributed by atoms with van der Waals surface area (Å²) in [5.74, 6) is 0.0203. The lowest BCUT2D eigenvalue weighted by Gasteiger charge is -2.20.